The van der Waals surface area contributed by atoms with Crippen LogP contribution in [0, 0.1) is 3.57 Å². The third-order valence-electron chi connectivity index (χ3n) is 3.04. The van der Waals surface area contributed by atoms with Crippen molar-refractivity contribution in [2.24, 2.45) is 4.99 Å². The zero-order chi connectivity index (χ0) is 20.7. The molecule has 0 saturated carbocycles. The van der Waals surface area contributed by atoms with Gasteiger partial charge in [-0.3, -0.25) is 0 Å². The second-order valence-electron chi connectivity index (χ2n) is 5.39. The summed E-state index contributed by atoms with van der Waals surface area (Å²) in [6.07, 6.45) is -8.33. The van der Waals surface area contributed by atoms with Crippen LogP contribution < -0.4 is 0 Å². The molecule has 0 unspecified atom stereocenters. The topological polar surface area (TPSA) is 33.4 Å². The van der Waals surface area contributed by atoms with Crippen molar-refractivity contribution in [2.75, 3.05) is 14.1 Å². The minimum absolute atomic E-state index is 0.278. The molecule has 13 heteroatoms. The van der Waals surface area contributed by atoms with E-state index in [9.17, 15) is 26.3 Å². The number of alkyl halides is 6. The van der Waals surface area contributed by atoms with Gasteiger partial charge in [-0.1, -0.05) is 23.2 Å². The predicted octanol–water partition coefficient (Wildman–Crippen LogP) is 6.04. The molecule has 0 aliphatic rings. The van der Waals surface area contributed by atoms with E-state index >= 15 is 0 Å². The van der Waals surface area contributed by atoms with Crippen molar-refractivity contribution >= 4 is 57.9 Å². The van der Waals surface area contributed by atoms with Gasteiger partial charge in [0.25, 0.3) is 0 Å². The van der Waals surface area contributed by atoms with Crippen LogP contribution in [-0.2, 0) is 12.4 Å². The van der Waals surface area contributed by atoms with Crippen LogP contribution in [0.4, 0.5) is 32.2 Å². The Morgan fingerprint density at radius 1 is 1.07 bits per heavy atom. The number of halogens is 9. The lowest BCUT2D eigenvalue weighted by Crippen LogP contribution is -2.10. The summed E-state index contributed by atoms with van der Waals surface area (Å²) in [6, 6.07) is 1.12. The van der Waals surface area contributed by atoms with Crippen molar-refractivity contribution in [1.29, 1.82) is 0 Å². The molecular formula is C14H9Cl2F6IN4. The number of benzene rings is 1. The lowest BCUT2D eigenvalue weighted by atomic mass is 10.2. The summed E-state index contributed by atoms with van der Waals surface area (Å²) >= 11 is 13.2. The first kappa shape index (κ1) is 22.1. The number of aromatic nitrogens is 2. The fraction of sp³-hybridized carbons (Fsp3) is 0.286. The lowest BCUT2D eigenvalue weighted by Gasteiger charge is -2.13. The Morgan fingerprint density at radius 3 is 2.00 bits per heavy atom. The van der Waals surface area contributed by atoms with Gasteiger partial charge < -0.3 is 4.90 Å². The second kappa shape index (κ2) is 7.66. The average Bonchev–Trinajstić information content (AvgIpc) is 2.80. The van der Waals surface area contributed by atoms with E-state index in [1.54, 1.807) is 14.1 Å². The standard InChI is InChI=1S/C14H9Cl2F6IN4/c1-26(2)5-24-12-9(23)11(14(20,21)22)25-27(12)10-7(15)3-6(4-8(10)16)13(17,18)19/h3-5H,1-2H3/b24-5-. The van der Waals surface area contributed by atoms with Gasteiger partial charge in [-0.05, 0) is 34.7 Å². The average molecular weight is 545 g/mol. The van der Waals surface area contributed by atoms with Gasteiger partial charge in [-0.2, -0.15) is 31.4 Å². The van der Waals surface area contributed by atoms with E-state index in [-0.39, 0.29) is 15.1 Å². The molecule has 0 fully saturated rings. The Hall–Kier alpha value is -1.21. The quantitative estimate of drug-likeness (QED) is 0.204. The van der Waals surface area contributed by atoms with Gasteiger partial charge in [0.05, 0.1) is 25.5 Å². The van der Waals surface area contributed by atoms with Crippen molar-refractivity contribution in [1.82, 2.24) is 14.7 Å². The van der Waals surface area contributed by atoms with Crippen LogP contribution in [0.15, 0.2) is 17.1 Å². The van der Waals surface area contributed by atoms with Crippen LogP contribution >= 0.6 is 45.8 Å². The number of hydrogen-bond donors (Lipinski definition) is 0. The molecule has 0 radical (unpaired) electrons. The zero-order valence-corrected chi connectivity index (χ0v) is 17.1. The number of nitrogens with zero attached hydrogens (tertiary/aromatic N) is 4. The first-order chi connectivity index (χ1) is 12.2. The maximum absolute atomic E-state index is 13.2. The number of rotatable bonds is 3. The molecule has 1 heterocycles. The van der Waals surface area contributed by atoms with Crippen LogP contribution in [0.1, 0.15) is 11.3 Å². The summed E-state index contributed by atoms with van der Waals surface area (Å²) in [5.41, 5.74) is -2.75. The monoisotopic (exact) mass is 544 g/mol. The molecule has 27 heavy (non-hydrogen) atoms. The van der Waals surface area contributed by atoms with E-state index in [0.29, 0.717) is 16.8 Å². The molecule has 4 nitrogen and oxygen atoms in total. The highest BCUT2D eigenvalue weighted by atomic mass is 127. The Balaban J connectivity index is 2.78. The predicted molar refractivity (Wildman–Crippen MR) is 98.1 cm³/mol. The first-order valence-corrected chi connectivity index (χ1v) is 8.70. The largest absolute Gasteiger partial charge is 0.436 e. The fourth-order valence-corrected chi connectivity index (χ4v) is 3.37. The molecule has 2 aromatic rings. The van der Waals surface area contributed by atoms with Crippen LogP contribution in [0.25, 0.3) is 5.69 Å². The molecule has 0 amide bonds. The van der Waals surface area contributed by atoms with E-state index < -0.39 is 33.7 Å². The summed E-state index contributed by atoms with van der Waals surface area (Å²) in [7, 11) is 3.17. The summed E-state index contributed by atoms with van der Waals surface area (Å²) < 4.78 is 78.6. The van der Waals surface area contributed by atoms with Crippen LogP contribution in [-0.4, -0.2) is 35.1 Å². The van der Waals surface area contributed by atoms with Gasteiger partial charge in [0.15, 0.2) is 11.5 Å². The highest BCUT2D eigenvalue weighted by Gasteiger charge is 2.40. The summed E-state index contributed by atoms with van der Waals surface area (Å²) in [5, 5.41) is 2.40. The van der Waals surface area contributed by atoms with Gasteiger partial charge in [-0.15, -0.1) is 0 Å². The van der Waals surface area contributed by atoms with E-state index in [0.717, 1.165) is 0 Å². The molecule has 1 aromatic carbocycles. The normalized spacial score (nSPS) is 12.9. The fourth-order valence-electron chi connectivity index (χ4n) is 1.94. The maximum Gasteiger partial charge on any atom is 0.436 e. The van der Waals surface area contributed by atoms with Gasteiger partial charge >= 0.3 is 12.4 Å². The van der Waals surface area contributed by atoms with E-state index in [4.69, 9.17) is 23.2 Å². The SMILES string of the molecule is CN(C)/C=N\c1c(I)c(C(F)(F)F)nn1-c1c(Cl)cc(C(F)(F)F)cc1Cl. The minimum Gasteiger partial charge on any atom is -0.369 e. The van der Waals surface area contributed by atoms with Crippen LogP contribution in [0.3, 0.4) is 0 Å². The van der Waals surface area contributed by atoms with Crippen molar-refractivity contribution in [3.63, 3.8) is 0 Å². The van der Waals surface area contributed by atoms with Crippen LogP contribution in [0.5, 0.6) is 0 Å². The summed E-state index contributed by atoms with van der Waals surface area (Å²) in [5.74, 6) is -0.278. The van der Waals surface area contributed by atoms with Gasteiger partial charge in [0, 0.05) is 14.1 Å². The molecule has 0 N–H and O–H groups in total. The molecular weight excluding hydrogens is 536 g/mol. The van der Waals surface area contributed by atoms with Crippen molar-refractivity contribution in [3.8, 4) is 5.69 Å². The number of hydrogen-bond acceptors (Lipinski definition) is 2. The molecule has 0 aliphatic carbocycles. The molecule has 148 valence electrons. The van der Waals surface area contributed by atoms with Gasteiger partial charge in [0.1, 0.15) is 5.69 Å². The summed E-state index contributed by atoms with van der Waals surface area (Å²) in [6.45, 7) is 0. The Bertz CT molecular complexity index is 866. The highest BCUT2D eigenvalue weighted by Crippen LogP contribution is 2.42. The molecule has 0 spiro atoms. The van der Waals surface area contributed by atoms with E-state index in [2.05, 4.69) is 10.1 Å². The maximum atomic E-state index is 13.2. The van der Waals surface area contributed by atoms with E-state index in [1.807, 2.05) is 0 Å². The minimum atomic E-state index is -4.81. The third-order valence-corrected chi connectivity index (χ3v) is 4.61. The molecule has 0 bridgehead atoms. The third kappa shape index (κ3) is 4.80. The molecule has 1 aromatic heterocycles. The van der Waals surface area contributed by atoms with E-state index in [1.165, 1.54) is 33.8 Å². The van der Waals surface area contributed by atoms with Crippen molar-refractivity contribution in [2.45, 2.75) is 12.4 Å². The van der Waals surface area contributed by atoms with Crippen molar-refractivity contribution < 1.29 is 26.3 Å². The van der Waals surface area contributed by atoms with Crippen LogP contribution in [0.2, 0.25) is 10.0 Å². The molecule has 2 rings (SSSR count). The van der Waals surface area contributed by atoms with Crippen molar-refractivity contribution in [3.05, 3.63) is 37.0 Å². The van der Waals surface area contributed by atoms with Gasteiger partial charge in [0.2, 0.25) is 0 Å². The lowest BCUT2D eigenvalue weighted by molar-refractivity contribution is -0.142. The van der Waals surface area contributed by atoms with Gasteiger partial charge in [-0.25, -0.2) is 9.67 Å². The molecule has 0 aliphatic heterocycles. The highest BCUT2D eigenvalue weighted by molar-refractivity contribution is 14.1. The number of aliphatic imine (C=N–C) groups is 1. The first-order valence-electron chi connectivity index (χ1n) is 6.86. The smallest absolute Gasteiger partial charge is 0.369 e. The Kier molecular flexibility index (Phi) is 6.27. The summed E-state index contributed by atoms with van der Waals surface area (Å²) in [4.78, 5) is 5.38. The second-order valence-corrected chi connectivity index (χ2v) is 7.28. The molecule has 0 saturated heterocycles. The zero-order valence-electron chi connectivity index (χ0n) is 13.4. The Labute approximate surface area is 172 Å². The Morgan fingerprint density at radius 2 is 1.59 bits per heavy atom. The molecule has 0 atom stereocenters.